The number of hydrogen-bond acceptors (Lipinski definition) is 3. The van der Waals surface area contributed by atoms with Gasteiger partial charge in [0.15, 0.2) is 0 Å². The Balaban J connectivity index is 2.01. The maximum atomic E-state index is 12.2. The summed E-state index contributed by atoms with van der Waals surface area (Å²) in [6, 6.07) is 7.78. The Hall–Kier alpha value is -1.81. The summed E-state index contributed by atoms with van der Waals surface area (Å²) in [4.78, 5) is 16.3. The van der Waals surface area contributed by atoms with Crippen LogP contribution in [0.15, 0.2) is 30.3 Å². The first-order chi connectivity index (χ1) is 9.06. The predicted octanol–water partition coefficient (Wildman–Crippen LogP) is 1.44. The van der Waals surface area contributed by atoms with E-state index in [9.17, 15) is 4.79 Å². The highest BCUT2D eigenvalue weighted by Crippen LogP contribution is 2.11. The molecule has 102 valence electrons. The molecule has 0 aromatic heterocycles. The Morgan fingerprint density at radius 1 is 1.42 bits per heavy atom. The Morgan fingerprint density at radius 2 is 2.21 bits per heavy atom. The smallest absolute Gasteiger partial charge is 0.246 e. The van der Waals surface area contributed by atoms with Gasteiger partial charge < -0.3 is 15.5 Å². The highest BCUT2D eigenvalue weighted by Gasteiger charge is 2.23. The van der Waals surface area contributed by atoms with E-state index in [0.29, 0.717) is 5.69 Å². The van der Waals surface area contributed by atoms with Crippen LogP contribution in [0.3, 0.4) is 0 Å². The highest BCUT2D eigenvalue weighted by atomic mass is 16.2. The van der Waals surface area contributed by atoms with E-state index in [-0.39, 0.29) is 11.9 Å². The van der Waals surface area contributed by atoms with Crippen molar-refractivity contribution in [1.29, 1.82) is 0 Å². The van der Waals surface area contributed by atoms with Crippen molar-refractivity contribution in [1.82, 2.24) is 9.80 Å². The molecule has 1 aliphatic rings. The normalized spacial score (nSPS) is 20.9. The quantitative estimate of drug-likeness (QED) is 0.646. The van der Waals surface area contributed by atoms with E-state index in [0.717, 1.165) is 25.2 Å². The SMILES string of the molecule is CC1CN(C)CCN1C(=O)/C=C/c1cccc(N)c1. The molecule has 1 unspecified atom stereocenters. The number of rotatable bonds is 2. The number of likely N-dealkylation sites (N-methyl/N-ethyl adjacent to an activating group) is 1. The van der Waals surface area contributed by atoms with Crippen molar-refractivity contribution in [3.05, 3.63) is 35.9 Å². The van der Waals surface area contributed by atoms with Gasteiger partial charge in [-0.1, -0.05) is 12.1 Å². The molecule has 1 atom stereocenters. The standard InChI is InChI=1S/C15H21N3O/c1-12-11-17(2)8-9-18(12)15(19)7-6-13-4-3-5-14(16)10-13/h3-7,10,12H,8-9,11,16H2,1-2H3/b7-6+. The summed E-state index contributed by atoms with van der Waals surface area (Å²) in [5.74, 6) is 0.0722. The van der Waals surface area contributed by atoms with Crippen LogP contribution in [0.2, 0.25) is 0 Å². The number of nitrogen functional groups attached to an aromatic ring is 1. The van der Waals surface area contributed by atoms with E-state index in [4.69, 9.17) is 5.73 Å². The van der Waals surface area contributed by atoms with Crippen molar-refractivity contribution < 1.29 is 4.79 Å². The van der Waals surface area contributed by atoms with E-state index >= 15 is 0 Å². The minimum Gasteiger partial charge on any atom is -0.399 e. The molecule has 1 heterocycles. The van der Waals surface area contributed by atoms with Crippen LogP contribution >= 0.6 is 0 Å². The topological polar surface area (TPSA) is 49.6 Å². The van der Waals surface area contributed by atoms with Crippen LogP contribution in [0.5, 0.6) is 0 Å². The van der Waals surface area contributed by atoms with Gasteiger partial charge in [0, 0.05) is 37.4 Å². The van der Waals surface area contributed by atoms with Gasteiger partial charge in [0.25, 0.3) is 0 Å². The molecule has 1 amide bonds. The predicted molar refractivity (Wildman–Crippen MR) is 78.6 cm³/mol. The molecule has 0 bridgehead atoms. The zero-order chi connectivity index (χ0) is 13.8. The first kappa shape index (κ1) is 13.6. The number of nitrogens with two attached hydrogens (primary N) is 1. The molecule has 0 radical (unpaired) electrons. The van der Waals surface area contributed by atoms with Crippen LogP contribution in [-0.4, -0.2) is 48.4 Å². The monoisotopic (exact) mass is 259 g/mol. The van der Waals surface area contributed by atoms with Crippen LogP contribution < -0.4 is 5.73 Å². The summed E-state index contributed by atoms with van der Waals surface area (Å²) in [5.41, 5.74) is 7.37. The van der Waals surface area contributed by atoms with Gasteiger partial charge in [0.2, 0.25) is 5.91 Å². The first-order valence-electron chi connectivity index (χ1n) is 6.59. The van der Waals surface area contributed by atoms with Gasteiger partial charge in [-0.2, -0.15) is 0 Å². The lowest BCUT2D eigenvalue weighted by Crippen LogP contribution is -2.52. The van der Waals surface area contributed by atoms with Gasteiger partial charge in [-0.3, -0.25) is 4.79 Å². The molecular weight excluding hydrogens is 238 g/mol. The fourth-order valence-corrected chi connectivity index (χ4v) is 2.39. The van der Waals surface area contributed by atoms with Gasteiger partial charge in [0.1, 0.15) is 0 Å². The number of nitrogens with zero attached hydrogens (tertiary/aromatic N) is 2. The maximum absolute atomic E-state index is 12.2. The molecule has 1 aromatic carbocycles. The van der Waals surface area contributed by atoms with E-state index < -0.39 is 0 Å². The Labute approximate surface area is 114 Å². The van der Waals surface area contributed by atoms with Crippen LogP contribution in [0.1, 0.15) is 12.5 Å². The molecule has 2 rings (SSSR count). The number of benzene rings is 1. The van der Waals surface area contributed by atoms with Crippen LogP contribution in [-0.2, 0) is 4.79 Å². The molecule has 19 heavy (non-hydrogen) atoms. The van der Waals surface area contributed by atoms with E-state index in [1.165, 1.54) is 0 Å². The third-order valence-electron chi connectivity index (χ3n) is 3.44. The lowest BCUT2D eigenvalue weighted by Gasteiger charge is -2.37. The van der Waals surface area contributed by atoms with E-state index in [1.807, 2.05) is 35.2 Å². The van der Waals surface area contributed by atoms with Crippen LogP contribution in [0, 0.1) is 0 Å². The number of amides is 1. The number of piperazine rings is 1. The molecule has 1 saturated heterocycles. The summed E-state index contributed by atoms with van der Waals surface area (Å²) in [5, 5.41) is 0. The van der Waals surface area contributed by atoms with Crippen LogP contribution in [0.25, 0.3) is 6.08 Å². The van der Waals surface area contributed by atoms with Crippen molar-refractivity contribution in [2.45, 2.75) is 13.0 Å². The molecule has 4 heteroatoms. The molecule has 1 aliphatic heterocycles. The third kappa shape index (κ3) is 3.58. The van der Waals surface area contributed by atoms with Crippen LogP contribution in [0.4, 0.5) is 5.69 Å². The van der Waals surface area contributed by atoms with Gasteiger partial charge in [0.05, 0.1) is 0 Å². The van der Waals surface area contributed by atoms with Crippen molar-refractivity contribution in [2.75, 3.05) is 32.4 Å². The summed E-state index contributed by atoms with van der Waals surface area (Å²) >= 11 is 0. The van der Waals surface area contributed by atoms with Crippen molar-refractivity contribution in [3.8, 4) is 0 Å². The average Bonchev–Trinajstić information content (AvgIpc) is 2.36. The number of hydrogen-bond donors (Lipinski definition) is 1. The molecule has 0 saturated carbocycles. The van der Waals surface area contributed by atoms with Crippen molar-refractivity contribution >= 4 is 17.7 Å². The largest absolute Gasteiger partial charge is 0.399 e. The lowest BCUT2D eigenvalue weighted by molar-refractivity contribution is -0.130. The van der Waals surface area contributed by atoms with Crippen molar-refractivity contribution in [3.63, 3.8) is 0 Å². The van der Waals surface area contributed by atoms with Gasteiger partial charge in [-0.15, -0.1) is 0 Å². The first-order valence-corrected chi connectivity index (χ1v) is 6.59. The molecule has 0 spiro atoms. The maximum Gasteiger partial charge on any atom is 0.246 e. The molecular formula is C15H21N3O. The molecule has 0 aliphatic carbocycles. The third-order valence-corrected chi connectivity index (χ3v) is 3.44. The number of carbonyl (C=O) groups is 1. The highest BCUT2D eigenvalue weighted by molar-refractivity contribution is 5.92. The van der Waals surface area contributed by atoms with E-state index in [2.05, 4.69) is 18.9 Å². The zero-order valence-electron chi connectivity index (χ0n) is 11.5. The number of carbonyl (C=O) groups excluding carboxylic acids is 1. The van der Waals surface area contributed by atoms with Gasteiger partial charge in [-0.05, 0) is 37.7 Å². The fraction of sp³-hybridized carbons (Fsp3) is 0.400. The molecule has 1 fully saturated rings. The second-order valence-corrected chi connectivity index (χ2v) is 5.15. The fourth-order valence-electron chi connectivity index (χ4n) is 2.39. The second-order valence-electron chi connectivity index (χ2n) is 5.15. The minimum absolute atomic E-state index is 0.0722. The Kier molecular flexibility index (Phi) is 4.22. The lowest BCUT2D eigenvalue weighted by atomic mass is 10.1. The molecule has 1 aromatic rings. The second kappa shape index (κ2) is 5.89. The Morgan fingerprint density at radius 3 is 2.89 bits per heavy atom. The van der Waals surface area contributed by atoms with Crippen molar-refractivity contribution in [2.24, 2.45) is 0 Å². The summed E-state index contributed by atoms with van der Waals surface area (Å²) in [7, 11) is 2.08. The van der Waals surface area contributed by atoms with E-state index in [1.54, 1.807) is 6.08 Å². The average molecular weight is 259 g/mol. The number of anilines is 1. The van der Waals surface area contributed by atoms with Gasteiger partial charge >= 0.3 is 0 Å². The summed E-state index contributed by atoms with van der Waals surface area (Å²) in [6.07, 6.45) is 3.46. The molecule has 4 nitrogen and oxygen atoms in total. The minimum atomic E-state index is 0.0722. The van der Waals surface area contributed by atoms with Gasteiger partial charge in [-0.25, -0.2) is 0 Å². The Bertz CT molecular complexity index is 484. The summed E-state index contributed by atoms with van der Waals surface area (Å²) < 4.78 is 0. The summed E-state index contributed by atoms with van der Waals surface area (Å²) in [6.45, 7) is 4.74. The zero-order valence-corrected chi connectivity index (χ0v) is 11.5. The molecule has 2 N–H and O–H groups in total.